The minimum Gasteiger partial charge on any atom is -0.497 e. The van der Waals surface area contributed by atoms with Crippen molar-refractivity contribution in [1.29, 1.82) is 0 Å². The molecule has 1 amide bonds. The molecule has 3 aromatic rings. The standard InChI is InChI=1S/C25H28FN3O2/c1-18-22(23-17-21(31-2)7-9-24(23)27-18)8-10-25(30)29-15-13-28(14-16-29)12-11-19-3-5-20(26)6-4-19/h3-10,17,27H,11-16H2,1-2H3/b10-8+. The molecule has 1 fully saturated rings. The van der Waals surface area contributed by atoms with Crippen molar-refractivity contribution in [2.24, 2.45) is 0 Å². The Morgan fingerprint density at radius 2 is 1.87 bits per heavy atom. The maximum atomic E-state index is 13.0. The number of carbonyl (C=O) groups excluding carboxylic acids is 1. The second-order valence-electron chi connectivity index (χ2n) is 7.95. The van der Waals surface area contributed by atoms with E-state index in [9.17, 15) is 9.18 Å². The van der Waals surface area contributed by atoms with E-state index in [4.69, 9.17) is 4.74 Å². The summed E-state index contributed by atoms with van der Waals surface area (Å²) >= 11 is 0. The third kappa shape index (κ3) is 4.97. The van der Waals surface area contributed by atoms with Gasteiger partial charge in [0.15, 0.2) is 0 Å². The van der Waals surface area contributed by atoms with Crippen LogP contribution in [0.5, 0.6) is 5.75 Å². The number of rotatable bonds is 6. The van der Waals surface area contributed by atoms with Crippen molar-refractivity contribution in [3.8, 4) is 5.75 Å². The molecule has 1 aliphatic rings. The summed E-state index contributed by atoms with van der Waals surface area (Å²) in [4.78, 5) is 20.3. The molecule has 1 aromatic heterocycles. The first-order chi connectivity index (χ1) is 15.0. The minimum absolute atomic E-state index is 0.0369. The van der Waals surface area contributed by atoms with Crippen LogP contribution in [0.1, 0.15) is 16.8 Å². The van der Waals surface area contributed by atoms with E-state index >= 15 is 0 Å². The lowest BCUT2D eigenvalue weighted by Gasteiger charge is -2.34. The summed E-state index contributed by atoms with van der Waals surface area (Å²) in [5.74, 6) is 0.630. The second kappa shape index (κ2) is 9.35. The summed E-state index contributed by atoms with van der Waals surface area (Å²) in [6.07, 6.45) is 4.46. The van der Waals surface area contributed by atoms with Gasteiger partial charge in [-0.15, -0.1) is 0 Å². The van der Waals surface area contributed by atoms with Crippen LogP contribution in [0.25, 0.3) is 17.0 Å². The van der Waals surface area contributed by atoms with Crippen LogP contribution in [0.4, 0.5) is 4.39 Å². The van der Waals surface area contributed by atoms with Gasteiger partial charge >= 0.3 is 0 Å². The van der Waals surface area contributed by atoms with Crippen molar-refractivity contribution in [3.63, 3.8) is 0 Å². The Kier molecular flexibility index (Phi) is 6.37. The Balaban J connectivity index is 1.33. The minimum atomic E-state index is -0.203. The molecule has 0 saturated carbocycles. The molecule has 0 unspecified atom stereocenters. The lowest BCUT2D eigenvalue weighted by Crippen LogP contribution is -2.48. The van der Waals surface area contributed by atoms with Crippen LogP contribution >= 0.6 is 0 Å². The molecule has 0 atom stereocenters. The highest BCUT2D eigenvalue weighted by molar-refractivity contribution is 5.97. The van der Waals surface area contributed by atoms with Gasteiger partial charge in [0.1, 0.15) is 11.6 Å². The number of aromatic nitrogens is 1. The molecule has 31 heavy (non-hydrogen) atoms. The number of methoxy groups -OCH3 is 1. The van der Waals surface area contributed by atoms with E-state index in [1.807, 2.05) is 48.2 Å². The van der Waals surface area contributed by atoms with E-state index in [1.165, 1.54) is 12.1 Å². The zero-order valence-electron chi connectivity index (χ0n) is 18.0. The van der Waals surface area contributed by atoms with E-state index in [0.717, 1.165) is 59.5 Å². The van der Waals surface area contributed by atoms with Gasteiger partial charge < -0.3 is 14.6 Å². The molecule has 0 aliphatic carbocycles. The average molecular weight is 422 g/mol. The molecule has 162 valence electrons. The van der Waals surface area contributed by atoms with Crippen molar-refractivity contribution in [1.82, 2.24) is 14.8 Å². The Morgan fingerprint density at radius 3 is 2.58 bits per heavy atom. The number of aryl methyl sites for hydroxylation is 1. The Hall–Kier alpha value is -3.12. The van der Waals surface area contributed by atoms with Gasteiger partial charge in [-0.2, -0.15) is 0 Å². The van der Waals surface area contributed by atoms with E-state index in [1.54, 1.807) is 13.2 Å². The van der Waals surface area contributed by atoms with Crippen molar-refractivity contribution >= 4 is 22.9 Å². The Labute approximate surface area is 182 Å². The first-order valence-corrected chi connectivity index (χ1v) is 10.6. The molecule has 5 nitrogen and oxygen atoms in total. The van der Waals surface area contributed by atoms with Gasteiger partial charge in [-0.25, -0.2) is 4.39 Å². The zero-order chi connectivity index (χ0) is 21.8. The van der Waals surface area contributed by atoms with E-state index in [2.05, 4.69) is 9.88 Å². The summed E-state index contributed by atoms with van der Waals surface area (Å²) in [6.45, 7) is 6.06. The fraction of sp³-hybridized carbons (Fsp3) is 0.320. The lowest BCUT2D eigenvalue weighted by molar-refractivity contribution is -0.127. The highest BCUT2D eigenvalue weighted by Crippen LogP contribution is 2.27. The molecule has 0 bridgehead atoms. The Bertz CT molecular complexity index is 1080. The zero-order valence-corrected chi connectivity index (χ0v) is 18.0. The van der Waals surface area contributed by atoms with Crippen molar-refractivity contribution in [2.45, 2.75) is 13.3 Å². The topological polar surface area (TPSA) is 48.6 Å². The molecule has 2 aromatic carbocycles. The van der Waals surface area contributed by atoms with Gasteiger partial charge in [-0.3, -0.25) is 9.69 Å². The first kappa shape index (κ1) is 21.1. The maximum Gasteiger partial charge on any atom is 0.246 e. The third-order valence-electron chi connectivity index (χ3n) is 5.95. The summed E-state index contributed by atoms with van der Waals surface area (Å²) < 4.78 is 18.4. The number of aromatic amines is 1. The fourth-order valence-corrected chi connectivity index (χ4v) is 4.06. The smallest absolute Gasteiger partial charge is 0.246 e. The van der Waals surface area contributed by atoms with E-state index in [-0.39, 0.29) is 11.7 Å². The molecule has 1 saturated heterocycles. The average Bonchev–Trinajstić information content (AvgIpc) is 3.11. The quantitative estimate of drug-likeness (QED) is 0.612. The number of halogens is 1. The number of fused-ring (bicyclic) bond motifs is 1. The number of amides is 1. The number of piperazine rings is 1. The van der Waals surface area contributed by atoms with Crippen LogP contribution in [0.2, 0.25) is 0 Å². The van der Waals surface area contributed by atoms with Crippen LogP contribution in [-0.2, 0) is 11.2 Å². The third-order valence-corrected chi connectivity index (χ3v) is 5.95. The predicted octanol–water partition coefficient (Wildman–Crippen LogP) is 4.02. The summed E-state index contributed by atoms with van der Waals surface area (Å²) in [5, 5.41) is 1.05. The fourth-order valence-electron chi connectivity index (χ4n) is 4.06. The lowest BCUT2D eigenvalue weighted by atomic mass is 10.1. The molecular formula is C25H28FN3O2. The summed E-state index contributed by atoms with van der Waals surface area (Å²) in [5.41, 5.74) is 4.20. The molecule has 1 N–H and O–H groups in total. The molecule has 2 heterocycles. The summed E-state index contributed by atoms with van der Waals surface area (Å²) in [7, 11) is 1.65. The predicted molar refractivity (Wildman–Crippen MR) is 122 cm³/mol. The van der Waals surface area contributed by atoms with Gasteiger partial charge in [0.05, 0.1) is 7.11 Å². The summed E-state index contributed by atoms with van der Waals surface area (Å²) in [6, 6.07) is 12.6. The molecule has 6 heteroatoms. The van der Waals surface area contributed by atoms with Gasteiger partial charge in [-0.05, 0) is 55.3 Å². The second-order valence-corrected chi connectivity index (χ2v) is 7.95. The van der Waals surface area contributed by atoms with Gasteiger partial charge in [0.25, 0.3) is 0 Å². The number of hydrogen-bond donors (Lipinski definition) is 1. The number of nitrogens with zero attached hydrogens (tertiary/aromatic N) is 2. The number of benzene rings is 2. The van der Waals surface area contributed by atoms with Crippen LogP contribution < -0.4 is 4.74 Å². The van der Waals surface area contributed by atoms with Gasteiger partial charge in [0.2, 0.25) is 5.91 Å². The number of H-pyrrole nitrogens is 1. The molecule has 4 rings (SSSR count). The highest BCUT2D eigenvalue weighted by atomic mass is 19.1. The number of nitrogens with one attached hydrogen (secondary N) is 1. The van der Waals surface area contributed by atoms with Crippen LogP contribution in [0.3, 0.4) is 0 Å². The first-order valence-electron chi connectivity index (χ1n) is 10.6. The van der Waals surface area contributed by atoms with E-state index < -0.39 is 0 Å². The van der Waals surface area contributed by atoms with Crippen molar-refractivity contribution < 1.29 is 13.9 Å². The number of ether oxygens (including phenoxy) is 1. The monoisotopic (exact) mass is 421 g/mol. The van der Waals surface area contributed by atoms with Crippen LogP contribution in [0, 0.1) is 12.7 Å². The molecule has 0 spiro atoms. The molecule has 1 aliphatic heterocycles. The van der Waals surface area contributed by atoms with Gasteiger partial charge in [-0.1, -0.05) is 12.1 Å². The highest BCUT2D eigenvalue weighted by Gasteiger charge is 2.19. The molecular weight excluding hydrogens is 393 g/mol. The van der Waals surface area contributed by atoms with Crippen molar-refractivity contribution in [2.75, 3.05) is 39.8 Å². The maximum absolute atomic E-state index is 13.0. The van der Waals surface area contributed by atoms with E-state index in [0.29, 0.717) is 13.1 Å². The van der Waals surface area contributed by atoms with Crippen LogP contribution in [0.15, 0.2) is 48.5 Å². The normalized spacial score (nSPS) is 15.1. The number of hydrogen-bond acceptors (Lipinski definition) is 3. The Morgan fingerprint density at radius 1 is 1.13 bits per heavy atom. The van der Waals surface area contributed by atoms with Crippen LogP contribution in [-0.4, -0.2) is 60.5 Å². The molecule has 0 radical (unpaired) electrons. The SMILES string of the molecule is COc1ccc2[nH]c(C)c(/C=C/C(=O)N3CCN(CCc4ccc(F)cc4)CC3)c2c1. The number of carbonyl (C=O) groups is 1. The van der Waals surface area contributed by atoms with Crippen molar-refractivity contribution in [3.05, 3.63) is 71.2 Å². The largest absolute Gasteiger partial charge is 0.497 e. The van der Waals surface area contributed by atoms with Gasteiger partial charge in [0, 0.05) is 61.0 Å².